The molecule has 0 atom stereocenters. The highest BCUT2D eigenvalue weighted by Gasteiger charge is 2.31. The molecule has 1 aliphatic rings. The van der Waals surface area contributed by atoms with Crippen molar-refractivity contribution < 1.29 is 13.5 Å². The molecule has 1 aromatic heterocycles. The van der Waals surface area contributed by atoms with E-state index in [9.17, 15) is 8.78 Å². The Kier molecular flexibility index (Phi) is 2.94. The predicted molar refractivity (Wildman–Crippen MR) is 70.7 cm³/mol. The molecule has 0 aliphatic carbocycles. The van der Waals surface area contributed by atoms with E-state index in [0.29, 0.717) is 23.5 Å². The van der Waals surface area contributed by atoms with Crippen molar-refractivity contribution in [2.45, 2.75) is 25.3 Å². The van der Waals surface area contributed by atoms with Crippen molar-refractivity contribution in [3.8, 4) is 0 Å². The molecule has 2 heterocycles. The molecule has 3 rings (SSSR count). The first-order valence-corrected chi connectivity index (χ1v) is 6.60. The van der Waals surface area contributed by atoms with E-state index in [1.807, 2.05) is 11.5 Å². The van der Waals surface area contributed by atoms with Crippen molar-refractivity contribution in [1.29, 1.82) is 0 Å². The van der Waals surface area contributed by atoms with Crippen LogP contribution in [-0.4, -0.2) is 22.8 Å². The lowest BCUT2D eigenvalue weighted by Gasteiger charge is -2.35. The van der Waals surface area contributed by atoms with E-state index < -0.39 is 11.6 Å². The van der Waals surface area contributed by atoms with Gasteiger partial charge in [0, 0.05) is 24.8 Å². The zero-order valence-electron chi connectivity index (χ0n) is 10.5. The lowest BCUT2D eigenvalue weighted by molar-refractivity contribution is 0.0306. The Bertz CT molecular complexity index is 686. The van der Waals surface area contributed by atoms with E-state index in [1.165, 1.54) is 6.07 Å². The van der Waals surface area contributed by atoms with Gasteiger partial charge in [0.15, 0.2) is 10.6 Å². The van der Waals surface area contributed by atoms with E-state index in [2.05, 4.69) is 4.98 Å². The van der Waals surface area contributed by atoms with Crippen LogP contribution in [0.1, 0.15) is 19.8 Å². The highest BCUT2D eigenvalue weighted by molar-refractivity contribution is 7.71. The number of hydrogen-bond donors (Lipinski definition) is 1. The van der Waals surface area contributed by atoms with Crippen LogP contribution in [0.5, 0.6) is 0 Å². The van der Waals surface area contributed by atoms with E-state index in [4.69, 9.17) is 17.0 Å². The molecule has 3 nitrogen and oxygen atoms in total. The van der Waals surface area contributed by atoms with Gasteiger partial charge in [0.25, 0.3) is 0 Å². The van der Waals surface area contributed by atoms with Crippen molar-refractivity contribution in [1.82, 2.24) is 9.55 Å². The second-order valence-corrected chi connectivity index (χ2v) is 5.54. The Morgan fingerprint density at radius 1 is 1.32 bits per heavy atom. The van der Waals surface area contributed by atoms with Crippen molar-refractivity contribution in [2.75, 3.05) is 13.2 Å². The molecule has 0 saturated carbocycles. The molecular formula is C13H14F2N2OS. The van der Waals surface area contributed by atoms with Crippen molar-refractivity contribution in [3.05, 3.63) is 28.5 Å². The van der Waals surface area contributed by atoms with Crippen LogP contribution in [-0.2, 0) is 10.3 Å². The fraction of sp³-hybridized carbons (Fsp3) is 0.462. The summed E-state index contributed by atoms with van der Waals surface area (Å²) in [6.45, 7) is 3.30. The minimum absolute atomic E-state index is 0.263. The molecule has 1 N–H and O–H groups in total. The highest BCUT2D eigenvalue weighted by atomic mass is 32.1. The molecule has 6 heteroatoms. The Balaban J connectivity index is 2.28. The number of nitrogens with one attached hydrogen (secondary N) is 1. The molecule has 102 valence electrons. The molecule has 0 unspecified atom stereocenters. The number of H-pyrrole nitrogens is 1. The number of imidazole rings is 1. The molecule has 0 bridgehead atoms. The number of aromatic amines is 1. The third-order valence-electron chi connectivity index (χ3n) is 3.82. The SMILES string of the molecule is CC1(n2c(=S)[nH]c3c(F)cc(F)cc32)CCOCC1. The van der Waals surface area contributed by atoms with Gasteiger partial charge in [0.2, 0.25) is 0 Å². The third-order valence-corrected chi connectivity index (χ3v) is 4.10. The van der Waals surface area contributed by atoms with Crippen LogP contribution in [0.4, 0.5) is 8.78 Å². The highest BCUT2D eigenvalue weighted by Crippen LogP contribution is 2.33. The smallest absolute Gasteiger partial charge is 0.178 e. The maximum absolute atomic E-state index is 13.8. The zero-order chi connectivity index (χ0) is 13.6. The summed E-state index contributed by atoms with van der Waals surface area (Å²) in [5, 5.41) is 0. The number of aromatic nitrogens is 2. The number of fused-ring (bicyclic) bond motifs is 1. The van der Waals surface area contributed by atoms with E-state index in [0.717, 1.165) is 18.9 Å². The number of rotatable bonds is 1. The molecule has 1 aliphatic heterocycles. The summed E-state index contributed by atoms with van der Waals surface area (Å²) >= 11 is 5.29. The molecule has 1 aromatic carbocycles. The summed E-state index contributed by atoms with van der Waals surface area (Å²) in [6, 6.07) is 2.19. The minimum Gasteiger partial charge on any atom is -0.381 e. The second kappa shape index (κ2) is 4.38. The predicted octanol–water partition coefficient (Wildman–Crippen LogP) is 3.50. The monoisotopic (exact) mass is 284 g/mol. The summed E-state index contributed by atoms with van der Waals surface area (Å²) < 4.78 is 34.8. The molecule has 0 radical (unpaired) electrons. The summed E-state index contributed by atoms with van der Waals surface area (Å²) in [5.41, 5.74) is 0.472. The van der Waals surface area contributed by atoms with Crippen LogP contribution in [0.3, 0.4) is 0 Å². The molecule has 1 fully saturated rings. The van der Waals surface area contributed by atoms with E-state index in [1.54, 1.807) is 0 Å². The van der Waals surface area contributed by atoms with Crippen molar-refractivity contribution >= 4 is 23.3 Å². The van der Waals surface area contributed by atoms with Crippen molar-refractivity contribution in [2.24, 2.45) is 0 Å². The van der Waals surface area contributed by atoms with Gasteiger partial charge in [-0.3, -0.25) is 0 Å². The van der Waals surface area contributed by atoms with Crippen LogP contribution in [0.25, 0.3) is 11.0 Å². The summed E-state index contributed by atoms with van der Waals surface area (Å²) in [7, 11) is 0. The average Bonchev–Trinajstić information content (AvgIpc) is 2.67. The first-order valence-electron chi connectivity index (χ1n) is 6.19. The molecule has 0 amide bonds. The van der Waals surface area contributed by atoms with Crippen molar-refractivity contribution in [3.63, 3.8) is 0 Å². The first-order chi connectivity index (χ1) is 9.01. The van der Waals surface area contributed by atoms with Crippen LogP contribution < -0.4 is 0 Å². The van der Waals surface area contributed by atoms with E-state index >= 15 is 0 Å². The quantitative estimate of drug-likeness (QED) is 0.812. The molecule has 0 spiro atoms. The second-order valence-electron chi connectivity index (χ2n) is 5.16. The fourth-order valence-electron chi connectivity index (χ4n) is 2.70. The van der Waals surface area contributed by atoms with Crippen LogP contribution >= 0.6 is 12.2 Å². The van der Waals surface area contributed by atoms with Gasteiger partial charge >= 0.3 is 0 Å². The van der Waals surface area contributed by atoms with Crippen LogP contribution in [0, 0.1) is 16.4 Å². The zero-order valence-corrected chi connectivity index (χ0v) is 11.3. The first kappa shape index (κ1) is 12.7. The summed E-state index contributed by atoms with van der Waals surface area (Å²) in [5.74, 6) is -1.21. The largest absolute Gasteiger partial charge is 0.381 e. The number of halogens is 2. The lowest BCUT2D eigenvalue weighted by Crippen LogP contribution is -2.36. The number of ether oxygens (including phenoxy) is 1. The Morgan fingerprint density at radius 3 is 2.68 bits per heavy atom. The molecule has 19 heavy (non-hydrogen) atoms. The molecular weight excluding hydrogens is 270 g/mol. The summed E-state index contributed by atoms with van der Waals surface area (Å²) in [6.07, 6.45) is 1.54. The van der Waals surface area contributed by atoms with Gasteiger partial charge in [0.1, 0.15) is 11.3 Å². The van der Waals surface area contributed by atoms with Gasteiger partial charge in [-0.15, -0.1) is 0 Å². The van der Waals surface area contributed by atoms with Gasteiger partial charge < -0.3 is 14.3 Å². The average molecular weight is 284 g/mol. The molecule has 1 saturated heterocycles. The Hall–Kier alpha value is -1.27. The lowest BCUT2D eigenvalue weighted by atomic mass is 9.92. The normalized spacial score (nSPS) is 18.9. The van der Waals surface area contributed by atoms with Gasteiger partial charge in [-0.2, -0.15) is 0 Å². The van der Waals surface area contributed by atoms with Crippen LogP contribution in [0.2, 0.25) is 0 Å². The van der Waals surface area contributed by atoms with E-state index in [-0.39, 0.29) is 11.1 Å². The minimum atomic E-state index is -0.615. The number of nitrogens with zero attached hydrogens (tertiary/aromatic N) is 1. The number of benzene rings is 1. The van der Waals surface area contributed by atoms with Gasteiger partial charge in [0.05, 0.1) is 5.52 Å². The van der Waals surface area contributed by atoms with Gasteiger partial charge in [-0.05, 0) is 38.0 Å². The summed E-state index contributed by atoms with van der Waals surface area (Å²) in [4.78, 5) is 2.84. The van der Waals surface area contributed by atoms with Gasteiger partial charge in [-0.25, -0.2) is 8.78 Å². The topological polar surface area (TPSA) is 29.9 Å². The number of hydrogen-bond acceptors (Lipinski definition) is 2. The maximum Gasteiger partial charge on any atom is 0.178 e. The fourth-order valence-corrected chi connectivity index (χ4v) is 3.12. The van der Waals surface area contributed by atoms with Gasteiger partial charge in [-0.1, -0.05) is 0 Å². The standard InChI is InChI=1S/C13H14F2N2OS/c1-13(2-4-18-5-3-13)17-10-7-8(14)6-9(15)11(10)16-12(17)19/h6-7H,2-5H2,1H3,(H,16,19). The third kappa shape index (κ3) is 1.99. The molecule has 2 aromatic rings. The van der Waals surface area contributed by atoms with Crippen LogP contribution in [0.15, 0.2) is 12.1 Å². The maximum atomic E-state index is 13.8. The Morgan fingerprint density at radius 2 is 2.00 bits per heavy atom. The Labute approximate surface area is 114 Å².